The Bertz CT molecular complexity index is 2220. The number of likely N-dealkylation sites (N-methyl/N-ethyl adjacent to an activating group) is 1. The summed E-state index contributed by atoms with van der Waals surface area (Å²) < 4.78 is 23.9. The number of hydrogen-bond acceptors (Lipinski definition) is 14. The van der Waals surface area contributed by atoms with E-state index in [0.29, 0.717) is 19.0 Å². The molecular weight excluding hydrogens is 762 g/mol. The van der Waals surface area contributed by atoms with Crippen molar-refractivity contribution in [3.63, 3.8) is 0 Å². The molecule has 16 nitrogen and oxygen atoms in total. The molecule has 1 saturated heterocycles. The fourth-order valence-corrected chi connectivity index (χ4v) is 8.37. The first-order chi connectivity index (χ1) is 27.8. The van der Waals surface area contributed by atoms with Crippen molar-refractivity contribution in [3.05, 3.63) is 47.3 Å². The number of rotatable bonds is 3. The van der Waals surface area contributed by atoms with E-state index in [4.69, 9.17) is 23.9 Å². The van der Waals surface area contributed by atoms with Crippen LogP contribution in [0.5, 0.6) is 17.2 Å². The summed E-state index contributed by atoms with van der Waals surface area (Å²) in [5, 5.41) is 49.5. The number of allylic oxidation sites excluding steroid dienone is 2. The summed E-state index contributed by atoms with van der Waals surface area (Å²) in [6, 6.07) is 0. The lowest BCUT2D eigenvalue weighted by atomic mass is 9.78. The molecule has 2 aromatic carbocycles. The maximum absolute atomic E-state index is 14.6. The SMILES string of the molecule is CO[C@H]1/C=C/O[C@@]2(C)Oc3c(C)c(O)c4c(O)c(c5[nH]c(N6CCN(C)CC6)nc5c4c3C2=O)NC(=O)/C(C)=C/C=C/[C@H](C)[C@H](O)[C@@H](C)[C@@H](O)[C@@H](C)[C@H](OC(C)=O)[C@@H]1C. The van der Waals surface area contributed by atoms with E-state index in [1.807, 2.05) is 11.9 Å². The number of anilines is 2. The summed E-state index contributed by atoms with van der Waals surface area (Å²) in [4.78, 5) is 53.2. The summed E-state index contributed by atoms with van der Waals surface area (Å²) in [5.41, 5.74) is 0.801. The predicted octanol–water partition coefficient (Wildman–Crippen LogP) is 4.68. The number of methoxy groups -OCH3 is 1. The summed E-state index contributed by atoms with van der Waals surface area (Å²) in [6.07, 6.45) is 3.92. The minimum Gasteiger partial charge on any atom is -0.507 e. The molecule has 4 bridgehead atoms. The van der Waals surface area contributed by atoms with Gasteiger partial charge >= 0.3 is 11.8 Å². The van der Waals surface area contributed by atoms with Gasteiger partial charge in [0, 0.05) is 87.3 Å². The summed E-state index contributed by atoms with van der Waals surface area (Å²) in [5.74, 6) is -6.49. The number of amides is 1. The highest BCUT2D eigenvalue weighted by molar-refractivity contribution is 6.28. The molecule has 0 aliphatic carbocycles. The van der Waals surface area contributed by atoms with Crippen LogP contribution in [0.2, 0.25) is 0 Å². The highest BCUT2D eigenvalue weighted by Gasteiger charge is 2.50. The van der Waals surface area contributed by atoms with Crippen molar-refractivity contribution < 1.29 is 53.8 Å². The zero-order valence-electron chi connectivity index (χ0n) is 35.3. The van der Waals surface area contributed by atoms with Gasteiger partial charge in [-0.2, -0.15) is 0 Å². The first-order valence-electron chi connectivity index (χ1n) is 20.0. The van der Waals surface area contributed by atoms with Gasteiger partial charge in [-0.15, -0.1) is 0 Å². The van der Waals surface area contributed by atoms with Gasteiger partial charge < -0.3 is 59.5 Å². The van der Waals surface area contributed by atoms with Crippen LogP contribution in [0.3, 0.4) is 0 Å². The van der Waals surface area contributed by atoms with Crippen molar-refractivity contribution in [1.29, 1.82) is 0 Å². The largest absolute Gasteiger partial charge is 0.507 e. The minimum absolute atomic E-state index is 0.0243. The van der Waals surface area contributed by atoms with E-state index in [1.54, 1.807) is 65.8 Å². The molecule has 3 aromatic rings. The number of H-pyrrole nitrogens is 1. The highest BCUT2D eigenvalue weighted by Crippen LogP contribution is 2.54. The Hall–Kier alpha value is -5.16. The first-order valence-corrected chi connectivity index (χ1v) is 20.0. The molecule has 6 N–H and O–H groups in total. The number of carbonyl (C=O) groups is 3. The number of hydrogen-bond donors (Lipinski definition) is 6. The van der Waals surface area contributed by atoms with Crippen molar-refractivity contribution in [1.82, 2.24) is 14.9 Å². The van der Waals surface area contributed by atoms with Crippen LogP contribution < -0.4 is 15.0 Å². The molecule has 0 spiro atoms. The maximum atomic E-state index is 14.6. The number of aromatic amines is 1. The van der Waals surface area contributed by atoms with Crippen molar-refractivity contribution in [2.75, 3.05) is 50.6 Å². The minimum atomic E-state index is -1.96. The second kappa shape index (κ2) is 16.8. The van der Waals surface area contributed by atoms with E-state index >= 15 is 0 Å². The third kappa shape index (κ3) is 7.98. The van der Waals surface area contributed by atoms with Gasteiger partial charge in [0.15, 0.2) is 5.75 Å². The Labute approximate surface area is 343 Å². The molecule has 4 heterocycles. The Morgan fingerprint density at radius 3 is 2.29 bits per heavy atom. The molecule has 9 atom stereocenters. The van der Waals surface area contributed by atoms with Gasteiger partial charge in [0.25, 0.3) is 11.7 Å². The van der Waals surface area contributed by atoms with E-state index in [2.05, 4.69) is 15.2 Å². The van der Waals surface area contributed by atoms with Crippen LogP contribution in [0, 0.1) is 30.6 Å². The van der Waals surface area contributed by atoms with E-state index in [1.165, 1.54) is 27.2 Å². The topological polar surface area (TPSA) is 216 Å². The lowest BCUT2D eigenvalue weighted by Crippen LogP contribution is -2.46. The fraction of sp³-hybridized carbons (Fsp3) is 0.535. The van der Waals surface area contributed by atoms with E-state index < -0.39 is 77.3 Å². The molecule has 0 unspecified atom stereocenters. The third-order valence-electron chi connectivity index (χ3n) is 12.3. The number of phenolic OH excluding ortho intramolecular Hbond substituents is 2. The van der Waals surface area contributed by atoms with E-state index in [9.17, 15) is 34.8 Å². The fourth-order valence-electron chi connectivity index (χ4n) is 8.37. The number of phenols is 2. The van der Waals surface area contributed by atoms with Crippen molar-refractivity contribution in [3.8, 4) is 17.2 Å². The van der Waals surface area contributed by atoms with Gasteiger partial charge in [-0.25, -0.2) is 4.98 Å². The summed E-state index contributed by atoms with van der Waals surface area (Å²) in [6.45, 7) is 15.6. The van der Waals surface area contributed by atoms with Crippen LogP contribution in [0.25, 0.3) is 21.8 Å². The number of Topliss-reactive ketones (excluding diaryl/α,β-unsaturated/α-hetero) is 1. The zero-order chi connectivity index (χ0) is 43.2. The Morgan fingerprint density at radius 2 is 1.64 bits per heavy atom. The number of carbonyl (C=O) groups excluding carboxylic acids is 3. The standard InChI is InChI=1S/C43H57N5O11/c1-20-12-11-13-21(2)41(55)44-33-32-31(45-42(46-32)48-17-15-47(9)16-18-48)28-29(37(33)53)36(52)25(6)39-30(28)40(54)43(8,59-39)57-19-14-27(56-10)22(3)38(58-26(7)49)24(5)35(51)23(4)34(20)50/h11-14,19-20,22-24,27,34-35,38,50-53H,15-18H2,1-10H3,(H,44,55)(H,45,46)/b12-11+,19-14+,21-13+/t20-,22+,23+,24+,27-,34-,35+,38+,43-/m0/s1. The number of aromatic nitrogens is 2. The molecule has 1 aromatic heterocycles. The second-order valence-electron chi connectivity index (χ2n) is 16.4. The Morgan fingerprint density at radius 1 is 0.966 bits per heavy atom. The number of aliphatic hydroxyl groups is 2. The molecule has 59 heavy (non-hydrogen) atoms. The lowest BCUT2D eigenvalue weighted by molar-refractivity contribution is -0.160. The number of nitrogens with one attached hydrogen (secondary N) is 2. The molecule has 0 radical (unpaired) electrons. The third-order valence-corrected chi connectivity index (χ3v) is 12.3. The number of fused-ring (bicyclic) bond motifs is 1. The monoisotopic (exact) mass is 819 g/mol. The van der Waals surface area contributed by atoms with Crippen LogP contribution in [-0.2, 0) is 23.8 Å². The number of aliphatic hydroxyl groups excluding tert-OH is 2. The molecule has 0 saturated carbocycles. The molecule has 6 rings (SSSR count). The number of imidazole rings is 1. The average Bonchev–Trinajstić information content (AvgIpc) is 3.76. The molecule has 3 aliphatic heterocycles. The van der Waals surface area contributed by atoms with Crippen molar-refractivity contribution in [2.24, 2.45) is 23.7 Å². The zero-order valence-corrected chi connectivity index (χ0v) is 35.3. The molecule has 3 aliphatic rings. The van der Waals surface area contributed by atoms with Crippen molar-refractivity contribution in [2.45, 2.75) is 85.6 Å². The first kappa shape index (κ1) is 43.4. The number of esters is 1. The molecular formula is C43H57N5O11. The molecule has 1 fully saturated rings. The number of benzene rings is 2. The Balaban J connectivity index is 1.54. The van der Waals surface area contributed by atoms with Gasteiger partial charge in [0.1, 0.15) is 28.8 Å². The molecule has 16 heteroatoms. The van der Waals surface area contributed by atoms with E-state index in [0.717, 1.165) is 13.1 Å². The van der Waals surface area contributed by atoms with Gasteiger partial charge in [-0.05, 0) is 27.0 Å². The molecule has 1 amide bonds. The van der Waals surface area contributed by atoms with Crippen LogP contribution in [0.15, 0.2) is 36.1 Å². The number of ether oxygens (including phenoxy) is 4. The maximum Gasteiger partial charge on any atom is 0.312 e. The number of piperazine rings is 1. The van der Waals surface area contributed by atoms with Gasteiger partial charge in [0.05, 0.1) is 41.0 Å². The second-order valence-corrected chi connectivity index (χ2v) is 16.4. The molecule has 320 valence electrons. The van der Waals surface area contributed by atoms with Gasteiger partial charge in [-0.1, -0.05) is 45.9 Å². The number of ketones is 1. The average molecular weight is 820 g/mol. The van der Waals surface area contributed by atoms with Gasteiger partial charge in [-0.3, -0.25) is 14.4 Å². The quantitative estimate of drug-likeness (QED) is 0.156. The van der Waals surface area contributed by atoms with Crippen LogP contribution >= 0.6 is 0 Å². The lowest BCUT2D eigenvalue weighted by Gasteiger charge is -2.38. The van der Waals surface area contributed by atoms with Gasteiger partial charge in [0.2, 0.25) is 5.95 Å². The predicted molar refractivity (Wildman–Crippen MR) is 222 cm³/mol. The smallest absolute Gasteiger partial charge is 0.312 e. The van der Waals surface area contributed by atoms with Crippen LogP contribution in [0.1, 0.15) is 64.4 Å². The number of nitrogens with zero attached hydrogens (tertiary/aromatic N) is 3. The van der Waals surface area contributed by atoms with Crippen LogP contribution in [-0.4, -0.2) is 123 Å². The highest BCUT2D eigenvalue weighted by atomic mass is 16.7. The Kier molecular flexibility index (Phi) is 12.4. The summed E-state index contributed by atoms with van der Waals surface area (Å²) >= 11 is 0. The van der Waals surface area contributed by atoms with Crippen LogP contribution in [0.4, 0.5) is 11.6 Å². The van der Waals surface area contributed by atoms with E-state index in [-0.39, 0.29) is 55.7 Å². The normalized spacial score (nSPS) is 32.1. The van der Waals surface area contributed by atoms with Crippen molar-refractivity contribution >= 4 is 51.1 Å². The number of aromatic hydroxyl groups is 2. The summed E-state index contributed by atoms with van der Waals surface area (Å²) in [7, 11) is 3.49.